The summed E-state index contributed by atoms with van der Waals surface area (Å²) in [5.41, 5.74) is 6.06. The van der Waals surface area contributed by atoms with E-state index in [0.717, 1.165) is 31.6 Å². The van der Waals surface area contributed by atoms with Crippen molar-refractivity contribution in [3.63, 3.8) is 0 Å². The van der Waals surface area contributed by atoms with E-state index in [9.17, 15) is 0 Å². The molecule has 4 N–H and O–H groups in total. The highest BCUT2D eigenvalue weighted by Crippen LogP contribution is 2.24. The minimum absolute atomic E-state index is 0.0413. The van der Waals surface area contributed by atoms with Gasteiger partial charge in [0.1, 0.15) is 11.7 Å². The third-order valence-corrected chi connectivity index (χ3v) is 3.44. The standard InChI is InChI=1S/C13H20N4O/c14-13(15)10-4-5-12(16-9-10)17-7-2-1-3-11(17)6-8-18/h4-5,9,11,18H,1-3,6-8H2,(H3,14,15). The average molecular weight is 248 g/mol. The lowest BCUT2D eigenvalue weighted by Crippen LogP contribution is -2.40. The lowest BCUT2D eigenvalue weighted by Gasteiger charge is -2.36. The zero-order chi connectivity index (χ0) is 13.0. The third kappa shape index (κ3) is 2.79. The third-order valence-electron chi connectivity index (χ3n) is 3.44. The number of hydrogen-bond donors (Lipinski definition) is 3. The van der Waals surface area contributed by atoms with Crippen molar-refractivity contribution in [1.82, 2.24) is 4.98 Å². The van der Waals surface area contributed by atoms with Crippen LogP contribution < -0.4 is 10.6 Å². The highest BCUT2D eigenvalue weighted by molar-refractivity contribution is 5.94. The largest absolute Gasteiger partial charge is 0.396 e. The first-order valence-corrected chi connectivity index (χ1v) is 6.40. The summed E-state index contributed by atoms with van der Waals surface area (Å²) >= 11 is 0. The van der Waals surface area contributed by atoms with Crippen LogP contribution in [0.4, 0.5) is 5.82 Å². The summed E-state index contributed by atoms with van der Waals surface area (Å²) in [6.45, 7) is 1.20. The Kier molecular flexibility index (Phi) is 4.15. The second-order valence-electron chi connectivity index (χ2n) is 4.67. The van der Waals surface area contributed by atoms with Crippen molar-refractivity contribution in [2.45, 2.75) is 31.7 Å². The maximum Gasteiger partial charge on any atom is 0.128 e. The second kappa shape index (κ2) is 5.82. The summed E-state index contributed by atoms with van der Waals surface area (Å²) in [7, 11) is 0. The van der Waals surface area contributed by atoms with Crippen LogP contribution in [-0.4, -0.2) is 35.1 Å². The van der Waals surface area contributed by atoms with Crippen LogP contribution in [0.15, 0.2) is 18.3 Å². The molecule has 0 bridgehead atoms. The molecule has 0 saturated carbocycles. The van der Waals surface area contributed by atoms with E-state index >= 15 is 0 Å². The van der Waals surface area contributed by atoms with Crippen molar-refractivity contribution < 1.29 is 5.11 Å². The van der Waals surface area contributed by atoms with Crippen molar-refractivity contribution >= 4 is 11.7 Å². The first-order valence-electron chi connectivity index (χ1n) is 6.40. The number of aliphatic hydroxyl groups is 1. The Bertz CT molecular complexity index is 402. The van der Waals surface area contributed by atoms with Gasteiger partial charge in [-0.2, -0.15) is 0 Å². The fourth-order valence-corrected chi connectivity index (χ4v) is 2.47. The molecular formula is C13H20N4O. The number of nitrogens with one attached hydrogen (secondary N) is 1. The molecule has 2 rings (SSSR count). The topological polar surface area (TPSA) is 86.2 Å². The quantitative estimate of drug-likeness (QED) is 0.550. The van der Waals surface area contributed by atoms with E-state index < -0.39 is 0 Å². The number of nitrogens with two attached hydrogens (primary N) is 1. The Morgan fingerprint density at radius 1 is 1.50 bits per heavy atom. The Hall–Kier alpha value is -1.62. The SMILES string of the molecule is N=C(N)c1ccc(N2CCCCC2CCO)nc1. The zero-order valence-electron chi connectivity index (χ0n) is 10.5. The van der Waals surface area contributed by atoms with Crippen LogP contribution in [0.5, 0.6) is 0 Å². The van der Waals surface area contributed by atoms with E-state index in [4.69, 9.17) is 16.2 Å². The molecule has 1 unspecified atom stereocenters. The number of pyridine rings is 1. The van der Waals surface area contributed by atoms with E-state index in [-0.39, 0.29) is 12.4 Å². The molecule has 1 saturated heterocycles. The number of aromatic nitrogens is 1. The molecule has 0 amide bonds. The number of nitrogens with zero attached hydrogens (tertiary/aromatic N) is 2. The second-order valence-corrected chi connectivity index (χ2v) is 4.67. The fraction of sp³-hybridized carbons (Fsp3) is 0.538. The van der Waals surface area contributed by atoms with E-state index in [1.165, 1.54) is 6.42 Å². The van der Waals surface area contributed by atoms with E-state index in [2.05, 4.69) is 9.88 Å². The van der Waals surface area contributed by atoms with Gasteiger partial charge in [-0.25, -0.2) is 4.98 Å². The van der Waals surface area contributed by atoms with Crippen molar-refractivity contribution in [1.29, 1.82) is 5.41 Å². The van der Waals surface area contributed by atoms with Gasteiger partial charge in [0.15, 0.2) is 0 Å². The molecule has 1 atom stereocenters. The molecule has 18 heavy (non-hydrogen) atoms. The number of piperidine rings is 1. The fourth-order valence-electron chi connectivity index (χ4n) is 2.47. The number of nitrogen functional groups attached to an aromatic ring is 1. The number of hydrogen-bond acceptors (Lipinski definition) is 4. The summed E-state index contributed by atoms with van der Waals surface area (Å²) in [6.07, 6.45) is 5.92. The molecule has 0 aromatic carbocycles. The summed E-state index contributed by atoms with van der Waals surface area (Å²) in [6, 6.07) is 4.11. The van der Waals surface area contributed by atoms with Gasteiger partial charge in [0.25, 0.3) is 0 Å². The molecule has 0 aliphatic carbocycles. The summed E-state index contributed by atoms with van der Waals surface area (Å²) < 4.78 is 0. The van der Waals surface area contributed by atoms with Crippen LogP contribution in [0.1, 0.15) is 31.2 Å². The molecule has 98 valence electrons. The smallest absolute Gasteiger partial charge is 0.128 e. The highest BCUT2D eigenvalue weighted by atomic mass is 16.3. The van der Waals surface area contributed by atoms with Crippen LogP contribution in [-0.2, 0) is 0 Å². The van der Waals surface area contributed by atoms with E-state index in [1.807, 2.05) is 12.1 Å². The van der Waals surface area contributed by atoms with Gasteiger partial charge < -0.3 is 15.7 Å². The predicted molar refractivity (Wildman–Crippen MR) is 71.9 cm³/mol. The highest BCUT2D eigenvalue weighted by Gasteiger charge is 2.22. The molecule has 5 nitrogen and oxygen atoms in total. The average Bonchev–Trinajstić information content (AvgIpc) is 2.40. The van der Waals surface area contributed by atoms with Crippen LogP contribution >= 0.6 is 0 Å². The van der Waals surface area contributed by atoms with Gasteiger partial charge in [-0.05, 0) is 37.8 Å². The molecule has 2 heterocycles. The van der Waals surface area contributed by atoms with Crippen LogP contribution in [0.25, 0.3) is 0 Å². The first kappa shape index (κ1) is 12.8. The molecule has 0 spiro atoms. The van der Waals surface area contributed by atoms with Crippen molar-refractivity contribution in [2.75, 3.05) is 18.1 Å². The lowest BCUT2D eigenvalue weighted by atomic mass is 9.99. The molecule has 0 radical (unpaired) electrons. The van der Waals surface area contributed by atoms with Crippen molar-refractivity contribution in [3.8, 4) is 0 Å². The number of aliphatic hydroxyl groups excluding tert-OH is 1. The molecular weight excluding hydrogens is 228 g/mol. The Morgan fingerprint density at radius 2 is 2.33 bits per heavy atom. The van der Waals surface area contributed by atoms with Gasteiger partial charge in [0, 0.05) is 31.0 Å². The minimum Gasteiger partial charge on any atom is -0.396 e. The van der Waals surface area contributed by atoms with Gasteiger partial charge in [-0.15, -0.1) is 0 Å². The van der Waals surface area contributed by atoms with Gasteiger partial charge >= 0.3 is 0 Å². The van der Waals surface area contributed by atoms with Gasteiger partial charge in [-0.1, -0.05) is 0 Å². The molecule has 5 heteroatoms. The zero-order valence-corrected chi connectivity index (χ0v) is 10.5. The maximum absolute atomic E-state index is 9.11. The monoisotopic (exact) mass is 248 g/mol. The summed E-state index contributed by atoms with van der Waals surface area (Å²) in [5, 5.41) is 16.5. The van der Waals surface area contributed by atoms with Crippen molar-refractivity contribution in [3.05, 3.63) is 23.9 Å². The number of amidine groups is 1. The van der Waals surface area contributed by atoms with E-state index in [1.54, 1.807) is 6.20 Å². The Morgan fingerprint density at radius 3 is 2.94 bits per heavy atom. The summed E-state index contributed by atoms with van der Waals surface area (Å²) in [5.74, 6) is 0.956. The maximum atomic E-state index is 9.11. The van der Waals surface area contributed by atoms with Gasteiger partial charge in [-0.3, -0.25) is 5.41 Å². The predicted octanol–water partition coefficient (Wildman–Crippen LogP) is 1.11. The number of anilines is 1. The van der Waals surface area contributed by atoms with Gasteiger partial charge in [0.05, 0.1) is 0 Å². The molecule has 1 aromatic heterocycles. The summed E-state index contributed by atoms with van der Waals surface area (Å²) in [4.78, 5) is 6.63. The minimum atomic E-state index is 0.0413. The molecule has 1 fully saturated rings. The van der Waals surface area contributed by atoms with Crippen molar-refractivity contribution in [2.24, 2.45) is 5.73 Å². The van der Waals surface area contributed by atoms with Gasteiger partial charge in [0.2, 0.25) is 0 Å². The van der Waals surface area contributed by atoms with Crippen LogP contribution in [0, 0.1) is 5.41 Å². The van der Waals surface area contributed by atoms with Crippen LogP contribution in [0.3, 0.4) is 0 Å². The Labute approximate surface area is 107 Å². The first-order chi connectivity index (χ1) is 8.72. The number of rotatable bonds is 4. The Balaban J connectivity index is 2.15. The molecule has 1 aliphatic heterocycles. The lowest BCUT2D eigenvalue weighted by molar-refractivity contribution is 0.262. The molecule has 1 aromatic rings. The van der Waals surface area contributed by atoms with E-state index in [0.29, 0.717) is 11.6 Å². The normalized spacial score (nSPS) is 19.8. The molecule has 1 aliphatic rings. The van der Waals surface area contributed by atoms with Crippen LogP contribution in [0.2, 0.25) is 0 Å².